The number of benzene rings is 1. The van der Waals surface area contributed by atoms with Crippen LogP contribution in [0.2, 0.25) is 0 Å². The zero-order chi connectivity index (χ0) is 13.1. The fourth-order valence-electron chi connectivity index (χ4n) is 2.22. The molecule has 5 heteroatoms. The van der Waals surface area contributed by atoms with Crippen molar-refractivity contribution in [2.75, 3.05) is 12.4 Å². The van der Waals surface area contributed by atoms with Crippen molar-refractivity contribution in [3.8, 4) is 5.75 Å². The molecule has 1 saturated carbocycles. The largest absolute Gasteiger partial charge is 0.497 e. The van der Waals surface area contributed by atoms with Crippen molar-refractivity contribution in [1.82, 2.24) is 0 Å². The highest BCUT2D eigenvalue weighted by Gasteiger charge is 2.25. The number of hydrogen-bond donors (Lipinski definition) is 1. The molecule has 0 aromatic heterocycles. The lowest BCUT2D eigenvalue weighted by molar-refractivity contribution is -0.384. The summed E-state index contributed by atoms with van der Waals surface area (Å²) in [6.07, 6.45) is 3.66. The molecule has 1 aliphatic carbocycles. The number of ether oxygens (including phenoxy) is 1. The highest BCUT2D eigenvalue weighted by atomic mass is 16.6. The van der Waals surface area contributed by atoms with Gasteiger partial charge in [-0.1, -0.05) is 6.42 Å². The van der Waals surface area contributed by atoms with Gasteiger partial charge < -0.3 is 10.1 Å². The molecule has 0 radical (unpaired) electrons. The van der Waals surface area contributed by atoms with Crippen LogP contribution in [0.15, 0.2) is 18.2 Å². The van der Waals surface area contributed by atoms with Crippen LogP contribution < -0.4 is 10.1 Å². The van der Waals surface area contributed by atoms with Crippen molar-refractivity contribution in [3.05, 3.63) is 28.3 Å². The third-order valence-electron chi connectivity index (χ3n) is 3.64. The zero-order valence-electron chi connectivity index (χ0n) is 10.7. The Balaban J connectivity index is 2.19. The molecule has 0 spiro atoms. The Kier molecular flexibility index (Phi) is 3.69. The number of hydrogen-bond acceptors (Lipinski definition) is 4. The molecule has 98 valence electrons. The Labute approximate surface area is 106 Å². The number of anilines is 1. The average Bonchev–Trinajstić information content (AvgIpc) is 2.25. The number of nitrogens with one attached hydrogen (secondary N) is 1. The van der Waals surface area contributed by atoms with E-state index in [0.717, 1.165) is 0 Å². The molecule has 0 heterocycles. The maximum Gasteiger partial charge on any atom is 0.292 e. The van der Waals surface area contributed by atoms with Crippen molar-refractivity contribution in [2.24, 2.45) is 5.92 Å². The van der Waals surface area contributed by atoms with E-state index in [-0.39, 0.29) is 16.7 Å². The van der Waals surface area contributed by atoms with Crippen molar-refractivity contribution in [2.45, 2.75) is 32.2 Å². The first kappa shape index (κ1) is 12.7. The van der Waals surface area contributed by atoms with E-state index in [1.54, 1.807) is 19.2 Å². The molecule has 1 N–H and O–H groups in total. The molecule has 0 amide bonds. The first-order valence-electron chi connectivity index (χ1n) is 6.21. The monoisotopic (exact) mass is 250 g/mol. The summed E-state index contributed by atoms with van der Waals surface area (Å²) in [6, 6.07) is 5.03. The lowest BCUT2D eigenvalue weighted by atomic mass is 9.80. The fraction of sp³-hybridized carbons (Fsp3) is 0.538. The molecule has 1 fully saturated rings. The van der Waals surface area contributed by atoms with E-state index in [0.29, 0.717) is 17.4 Å². The molecular formula is C13H18N2O3. The predicted molar refractivity (Wildman–Crippen MR) is 70.1 cm³/mol. The minimum absolute atomic E-state index is 0.0990. The third-order valence-corrected chi connectivity index (χ3v) is 3.64. The van der Waals surface area contributed by atoms with Crippen LogP contribution in [0.5, 0.6) is 5.75 Å². The molecule has 1 unspecified atom stereocenters. The van der Waals surface area contributed by atoms with E-state index in [1.165, 1.54) is 25.3 Å². The van der Waals surface area contributed by atoms with E-state index >= 15 is 0 Å². The van der Waals surface area contributed by atoms with E-state index in [1.807, 2.05) is 0 Å². The number of nitrogens with zero attached hydrogens (tertiary/aromatic N) is 1. The molecule has 5 nitrogen and oxygen atoms in total. The summed E-state index contributed by atoms with van der Waals surface area (Å²) in [5.41, 5.74) is 0.640. The van der Waals surface area contributed by atoms with Gasteiger partial charge in [0.25, 0.3) is 5.69 Å². The van der Waals surface area contributed by atoms with Gasteiger partial charge in [0.05, 0.1) is 12.0 Å². The molecule has 0 aliphatic heterocycles. The summed E-state index contributed by atoms with van der Waals surface area (Å²) in [7, 11) is 1.56. The molecule has 1 atom stereocenters. The summed E-state index contributed by atoms with van der Waals surface area (Å²) in [4.78, 5) is 10.6. The third kappa shape index (κ3) is 2.55. The minimum Gasteiger partial charge on any atom is -0.497 e. The second-order valence-corrected chi connectivity index (χ2v) is 4.76. The number of nitro benzene ring substituents is 1. The number of nitro groups is 1. The van der Waals surface area contributed by atoms with E-state index in [9.17, 15) is 10.1 Å². The average molecular weight is 250 g/mol. The highest BCUT2D eigenvalue weighted by Crippen LogP contribution is 2.34. The summed E-state index contributed by atoms with van der Waals surface area (Å²) in [6.45, 7) is 2.08. The van der Waals surface area contributed by atoms with Gasteiger partial charge in [-0.3, -0.25) is 10.1 Å². The van der Waals surface area contributed by atoms with Crippen molar-refractivity contribution < 1.29 is 9.66 Å². The van der Waals surface area contributed by atoms with Gasteiger partial charge in [0, 0.05) is 18.2 Å². The van der Waals surface area contributed by atoms with Crippen molar-refractivity contribution in [3.63, 3.8) is 0 Å². The lowest BCUT2D eigenvalue weighted by Gasteiger charge is -2.32. The van der Waals surface area contributed by atoms with E-state index in [4.69, 9.17) is 4.74 Å². The van der Waals surface area contributed by atoms with E-state index < -0.39 is 0 Å². The summed E-state index contributed by atoms with van der Waals surface area (Å²) < 4.78 is 5.11. The van der Waals surface area contributed by atoms with Crippen LogP contribution in [0.3, 0.4) is 0 Å². The van der Waals surface area contributed by atoms with Gasteiger partial charge in [0.15, 0.2) is 0 Å². The van der Waals surface area contributed by atoms with Gasteiger partial charge in [0.1, 0.15) is 11.4 Å². The van der Waals surface area contributed by atoms with Gasteiger partial charge >= 0.3 is 0 Å². The van der Waals surface area contributed by atoms with Crippen molar-refractivity contribution in [1.29, 1.82) is 0 Å². The van der Waals surface area contributed by atoms with Crippen LogP contribution in [-0.4, -0.2) is 18.1 Å². The molecule has 0 saturated heterocycles. The van der Waals surface area contributed by atoms with Crippen LogP contribution in [0, 0.1) is 16.0 Å². The van der Waals surface area contributed by atoms with Crippen molar-refractivity contribution >= 4 is 11.4 Å². The van der Waals surface area contributed by atoms with Gasteiger partial charge in [0.2, 0.25) is 0 Å². The quantitative estimate of drug-likeness (QED) is 0.643. The smallest absolute Gasteiger partial charge is 0.292 e. The van der Waals surface area contributed by atoms with Gasteiger partial charge in [-0.15, -0.1) is 0 Å². The Morgan fingerprint density at radius 1 is 1.50 bits per heavy atom. The Bertz CT molecular complexity index is 444. The van der Waals surface area contributed by atoms with Gasteiger partial charge in [-0.05, 0) is 31.7 Å². The molecule has 1 aromatic rings. The molecule has 1 aromatic carbocycles. The molecule has 0 bridgehead atoms. The normalized spacial score (nSPS) is 16.8. The molecule has 1 aliphatic rings. The Hall–Kier alpha value is -1.78. The highest BCUT2D eigenvalue weighted by molar-refractivity contribution is 5.64. The van der Waals surface area contributed by atoms with Gasteiger partial charge in [-0.25, -0.2) is 0 Å². The second kappa shape index (κ2) is 5.25. The second-order valence-electron chi connectivity index (χ2n) is 4.76. The first-order valence-corrected chi connectivity index (χ1v) is 6.21. The molecule has 18 heavy (non-hydrogen) atoms. The minimum atomic E-state index is -0.366. The molecular weight excluding hydrogens is 232 g/mol. The predicted octanol–water partition coefficient (Wildman–Crippen LogP) is 3.20. The van der Waals surface area contributed by atoms with Crippen LogP contribution in [-0.2, 0) is 0 Å². The van der Waals surface area contributed by atoms with Crippen LogP contribution in [0.4, 0.5) is 11.4 Å². The van der Waals surface area contributed by atoms with Crippen LogP contribution >= 0.6 is 0 Å². The van der Waals surface area contributed by atoms with E-state index in [2.05, 4.69) is 12.2 Å². The topological polar surface area (TPSA) is 64.4 Å². The summed E-state index contributed by atoms with van der Waals surface area (Å²) in [5.74, 6) is 1.25. The fourth-order valence-corrected chi connectivity index (χ4v) is 2.22. The Morgan fingerprint density at radius 2 is 2.22 bits per heavy atom. The van der Waals surface area contributed by atoms with Crippen LogP contribution in [0.1, 0.15) is 26.2 Å². The standard InChI is InChI=1S/C13H18N2O3/c1-9(10-4-3-5-10)14-12-8-11(18-2)6-7-13(12)15(16)17/h6-10,14H,3-5H2,1-2H3. The summed E-state index contributed by atoms with van der Waals surface area (Å²) >= 11 is 0. The number of rotatable bonds is 5. The number of methoxy groups -OCH3 is 1. The lowest BCUT2D eigenvalue weighted by Crippen LogP contribution is -2.31. The summed E-state index contributed by atoms with van der Waals surface area (Å²) in [5, 5.41) is 14.2. The Morgan fingerprint density at radius 3 is 2.72 bits per heavy atom. The van der Waals surface area contributed by atoms with Crippen LogP contribution in [0.25, 0.3) is 0 Å². The maximum atomic E-state index is 11.0. The van der Waals surface area contributed by atoms with Gasteiger partial charge in [-0.2, -0.15) is 0 Å². The zero-order valence-corrected chi connectivity index (χ0v) is 10.7. The molecule has 2 rings (SSSR count). The first-order chi connectivity index (χ1) is 8.61. The maximum absolute atomic E-state index is 11.0. The SMILES string of the molecule is COc1ccc([N+](=O)[O-])c(NC(C)C2CCC2)c1.